The van der Waals surface area contributed by atoms with Crippen LogP contribution in [0.25, 0.3) is 0 Å². The SMILES string of the molecule is CC(CN)CC(=O)NCC(C)(C)C1CCN(C)CC1. The van der Waals surface area contributed by atoms with E-state index < -0.39 is 0 Å². The minimum atomic E-state index is 0.138. The third kappa shape index (κ3) is 5.49. The summed E-state index contributed by atoms with van der Waals surface area (Å²) in [5.41, 5.74) is 5.73. The first-order valence-electron chi connectivity index (χ1n) is 7.50. The maximum atomic E-state index is 11.8. The highest BCUT2D eigenvalue weighted by atomic mass is 16.1. The van der Waals surface area contributed by atoms with Crippen LogP contribution in [-0.2, 0) is 4.79 Å². The van der Waals surface area contributed by atoms with Crippen LogP contribution in [0.5, 0.6) is 0 Å². The summed E-state index contributed by atoms with van der Waals surface area (Å²) in [6, 6.07) is 0. The van der Waals surface area contributed by atoms with Gasteiger partial charge in [0.15, 0.2) is 0 Å². The lowest BCUT2D eigenvalue weighted by atomic mass is 9.73. The molecule has 4 nitrogen and oxygen atoms in total. The molecule has 0 aromatic carbocycles. The summed E-state index contributed by atoms with van der Waals surface area (Å²) in [6.07, 6.45) is 3.01. The lowest BCUT2D eigenvalue weighted by Gasteiger charge is -2.39. The van der Waals surface area contributed by atoms with Gasteiger partial charge in [0.05, 0.1) is 0 Å². The first-order valence-corrected chi connectivity index (χ1v) is 7.50. The van der Waals surface area contributed by atoms with Gasteiger partial charge in [-0.3, -0.25) is 4.79 Å². The Morgan fingerprint density at radius 3 is 2.53 bits per heavy atom. The van der Waals surface area contributed by atoms with Gasteiger partial charge >= 0.3 is 0 Å². The van der Waals surface area contributed by atoms with Crippen molar-refractivity contribution in [3.05, 3.63) is 0 Å². The molecule has 0 radical (unpaired) electrons. The van der Waals surface area contributed by atoms with Crippen LogP contribution in [0, 0.1) is 17.3 Å². The average Bonchev–Trinajstić information content (AvgIpc) is 2.37. The van der Waals surface area contributed by atoms with Crippen molar-refractivity contribution >= 4 is 5.91 Å². The molecule has 0 aromatic rings. The minimum absolute atomic E-state index is 0.138. The maximum absolute atomic E-state index is 11.8. The van der Waals surface area contributed by atoms with Crippen LogP contribution in [0.4, 0.5) is 0 Å². The lowest BCUT2D eigenvalue weighted by Crippen LogP contribution is -2.43. The van der Waals surface area contributed by atoms with Crippen molar-refractivity contribution in [2.24, 2.45) is 23.0 Å². The number of piperidine rings is 1. The second-order valence-corrected chi connectivity index (χ2v) is 6.89. The molecule has 3 N–H and O–H groups in total. The molecule has 1 amide bonds. The molecule has 19 heavy (non-hydrogen) atoms. The molecule has 0 bridgehead atoms. The summed E-state index contributed by atoms with van der Waals surface area (Å²) < 4.78 is 0. The summed E-state index contributed by atoms with van der Waals surface area (Å²) in [7, 11) is 2.18. The quantitative estimate of drug-likeness (QED) is 0.767. The Morgan fingerprint density at radius 2 is 2.00 bits per heavy atom. The Bertz CT molecular complexity index is 283. The predicted molar refractivity (Wildman–Crippen MR) is 79.8 cm³/mol. The smallest absolute Gasteiger partial charge is 0.220 e. The number of hydrogen-bond donors (Lipinski definition) is 2. The van der Waals surface area contributed by atoms with Gasteiger partial charge in [-0.1, -0.05) is 20.8 Å². The molecule has 1 unspecified atom stereocenters. The van der Waals surface area contributed by atoms with Gasteiger partial charge in [-0.2, -0.15) is 0 Å². The van der Waals surface area contributed by atoms with Crippen molar-refractivity contribution in [1.82, 2.24) is 10.2 Å². The molecule has 112 valence electrons. The second-order valence-electron chi connectivity index (χ2n) is 6.89. The van der Waals surface area contributed by atoms with Gasteiger partial charge in [-0.25, -0.2) is 0 Å². The van der Waals surface area contributed by atoms with Gasteiger partial charge in [-0.05, 0) is 56.8 Å². The fourth-order valence-corrected chi connectivity index (χ4v) is 2.73. The first kappa shape index (κ1) is 16.4. The Morgan fingerprint density at radius 1 is 1.42 bits per heavy atom. The molecule has 0 saturated carbocycles. The zero-order valence-electron chi connectivity index (χ0n) is 13.0. The zero-order valence-corrected chi connectivity index (χ0v) is 13.0. The molecule has 1 heterocycles. The van der Waals surface area contributed by atoms with Crippen molar-refractivity contribution in [3.63, 3.8) is 0 Å². The number of nitrogens with two attached hydrogens (primary N) is 1. The van der Waals surface area contributed by atoms with Crippen LogP contribution in [0.1, 0.15) is 40.0 Å². The van der Waals surface area contributed by atoms with Crippen molar-refractivity contribution in [2.45, 2.75) is 40.0 Å². The second kappa shape index (κ2) is 7.25. The molecule has 1 rings (SSSR count). The monoisotopic (exact) mass is 269 g/mol. The fraction of sp³-hybridized carbons (Fsp3) is 0.933. The van der Waals surface area contributed by atoms with E-state index in [0.717, 1.165) is 6.54 Å². The molecule has 0 aliphatic carbocycles. The summed E-state index contributed by atoms with van der Waals surface area (Å²) in [6.45, 7) is 10.3. The third-order valence-electron chi connectivity index (χ3n) is 4.50. The van der Waals surface area contributed by atoms with Crippen LogP contribution < -0.4 is 11.1 Å². The van der Waals surface area contributed by atoms with E-state index in [-0.39, 0.29) is 17.2 Å². The summed E-state index contributed by atoms with van der Waals surface area (Å²) in [5, 5.41) is 3.09. The number of amides is 1. The van der Waals surface area contributed by atoms with E-state index in [4.69, 9.17) is 5.73 Å². The Balaban J connectivity index is 2.35. The predicted octanol–water partition coefficient (Wildman–Crippen LogP) is 1.46. The highest BCUT2D eigenvalue weighted by Crippen LogP contribution is 2.34. The van der Waals surface area contributed by atoms with Crippen LogP contribution >= 0.6 is 0 Å². The van der Waals surface area contributed by atoms with Gasteiger partial charge in [0, 0.05) is 13.0 Å². The van der Waals surface area contributed by atoms with Crippen molar-refractivity contribution in [2.75, 3.05) is 33.2 Å². The van der Waals surface area contributed by atoms with E-state index in [9.17, 15) is 4.79 Å². The Labute approximate surface area is 118 Å². The first-order chi connectivity index (χ1) is 8.85. The number of rotatable bonds is 6. The van der Waals surface area contributed by atoms with Crippen LogP contribution in [-0.4, -0.2) is 44.0 Å². The molecule has 1 aliphatic rings. The van der Waals surface area contributed by atoms with Crippen LogP contribution in [0.2, 0.25) is 0 Å². The van der Waals surface area contributed by atoms with Crippen molar-refractivity contribution in [3.8, 4) is 0 Å². The van der Waals surface area contributed by atoms with E-state index in [2.05, 4.69) is 31.1 Å². The van der Waals surface area contributed by atoms with Gasteiger partial charge in [-0.15, -0.1) is 0 Å². The number of carbonyl (C=O) groups is 1. The summed E-state index contributed by atoms with van der Waals surface area (Å²) in [4.78, 5) is 14.2. The van der Waals surface area contributed by atoms with E-state index in [1.807, 2.05) is 6.92 Å². The summed E-state index contributed by atoms with van der Waals surface area (Å²) >= 11 is 0. The summed E-state index contributed by atoms with van der Waals surface area (Å²) in [5.74, 6) is 1.11. The highest BCUT2D eigenvalue weighted by molar-refractivity contribution is 5.76. The molecular formula is C15H31N3O. The van der Waals surface area contributed by atoms with E-state index in [1.165, 1.54) is 25.9 Å². The van der Waals surface area contributed by atoms with Gasteiger partial charge < -0.3 is 16.0 Å². The number of carbonyl (C=O) groups excluding carboxylic acids is 1. The van der Waals surface area contributed by atoms with Gasteiger partial charge in [0.1, 0.15) is 0 Å². The largest absolute Gasteiger partial charge is 0.356 e. The fourth-order valence-electron chi connectivity index (χ4n) is 2.73. The number of likely N-dealkylation sites (tertiary alicyclic amines) is 1. The van der Waals surface area contributed by atoms with Gasteiger partial charge in [0.2, 0.25) is 5.91 Å². The van der Waals surface area contributed by atoms with Crippen molar-refractivity contribution < 1.29 is 4.79 Å². The maximum Gasteiger partial charge on any atom is 0.220 e. The molecule has 0 spiro atoms. The Kier molecular flexibility index (Phi) is 6.27. The lowest BCUT2D eigenvalue weighted by molar-refractivity contribution is -0.122. The number of nitrogens with one attached hydrogen (secondary N) is 1. The molecular weight excluding hydrogens is 238 g/mol. The zero-order chi connectivity index (χ0) is 14.5. The topological polar surface area (TPSA) is 58.4 Å². The molecule has 1 fully saturated rings. The average molecular weight is 269 g/mol. The normalized spacial score (nSPS) is 20.3. The Hall–Kier alpha value is -0.610. The van der Waals surface area contributed by atoms with E-state index >= 15 is 0 Å². The molecule has 0 aromatic heterocycles. The van der Waals surface area contributed by atoms with Crippen molar-refractivity contribution in [1.29, 1.82) is 0 Å². The van der Waals surface area contributed by atoms with Crippen LogP contribution in [0.15, 0.2) is 0 Å². The van der Waals surface area contributed by atoms with Gasteiger partial charge in [0.25, 0.3) is 0 Å². The molecule has 1 atom stereocenters. The third-order valence-corrected chi connectivity index (χ3v) is 4.50. The minimum Gasteiger partial charge on any atom is -0.356 e. The molecule has 1 aliphatic heterocycles. The van der Waals surface area contributed by atoms with Crippen LogP contribution in [0.3, 0.4) is 0 Å². The number of hydrogen-bond acceptors (Lipinski definition) is 3. The highest BCUT2D eigenvalue weighted by Gasteiger charge is 2.32. The molecule has 4 heteroatoms. The van der Waals surface area contributed by atoms with E-state index in [1.54, 1.807) is 0 Å². The van der Waals surface area contributed by atoms with E-state index in [0.29, 0.717) is 18.9 Å². The number of nitrogens with zero attached hydrogens (tertiary/aromatic N) is 1. The molecule has 1 saturated heterocycles. The standard InChI is InChI=1S/C15H31N3O/c1-12(10-16)9-14(19)17-11-15(2,3)13-5-7-18(4)8-6-13/h12-13H,5-11,16H2,1-4H3,(H,17,19).